The molecule has 1 saturated carbocycles. The molecular weight excluding hydrogens is 256 g/mol. The van der Waals surface area contributed by atoms with Crippen LogP contribution >= 0.6 is 0 Å². The standard InChI is InChI=1S/C15H28N2O3/c1-11(2)6-9-16-14(20)17-10-15(13(18)19)7-4-12(3)5-8-15/h11-12H,4-10H2,1-3H3,(H,18,19)(H2,16,17,20). The van der Waals surface area contributed by atoms with Crippen molar-refractivity contribution in [2.24, 2.45) is 17.3 Å². The molecule has 3 N–H and O–H groups in total. The van der Waals surface area contributed by atoms with Crippen LogP contribution < -0.4 is 10.6 Å². The summed E-state index contributed by atoms with van der Waals surface area (Å²) in [5.41, 5.74) is -0.776. The molecule has 5 heteroatoms. The fourth-order valence-electron chi connectivity index (χ4n) is 2.57. The monoisotopic (exact) mass is 284 g/mol. The van der Waals surface area contributed by atoms with Gasteiger partial charge in [0, 0.05) is 13.1 Å². The van der Waals surface area contributed by atoms with Crippen LogP contribution in [0.5, 0.6) is 0 Å². The number of rotatable bonds is 6. The molecule has 1 rings (SSSR count). The molecule has 1 aliphatic rings. The minimum absolute atomic E-state index is 0.225. The van der Waals surface area contributed by atoms with Gasteiger partial charge in [-0.15, -0.1) is 0 Å². The normalized spacial score (nSPS) is 26.3. The van der Waals surface area contributed by atoms with Gasteiger partial charge in [-0.3, -0.25) is 4.79 Å². The molecule has 0 bridgehead atoms. The molecule has 0 aromatic carbocycles. The Balaban J connectivity index is 2.40. The van der Waals surface area contributed by atoms with E-state index in [0.717, 1.165) is 19.3 Å². The van der Waals surface area contributed by atoms with Crippen molar-refractivity contribution in [2.75, 3.05) is 13.1 Å². The Bertz CT molecular complexity index is 334. The maximum Gasteiger partial charge on any atom is 0.314 e. The minimum Gasteiger partial charge on any atom is -0.481 e. The lowest BCUT2D eigenvalue weighted by Gasteiger charge is -2.35. The summed E-state index contributed by atoms with van der Waals surface area (Å²) in [5, 5.41) is 15.0. The van der Waals surface area contributed by atoms with E-state index in [0.29, 0.717) is 31.2 Å². The smallest absolute Gasteiger partial charge is 0.314 e. The molecule has 2 amide bonds. The van der Waals surface area contributed by atoms with Gasteiger partial charge in [0.05, 0.1) is 5.41 Å². The quantitative estimate of drug-likeness (QED) is 0.701. The maximum atomic E-state index is 11.7. The van der Waals surface area contributed by atoms with Gasteiger partial charge in [0.1, 0.15) is 0 Å². The molecule has 0 aromatic heterocycles. The molecular formula is C15H28N2O3. The van der Waals surface area contributed by atoms with E-state index in [-0.39, 0.29) is 12.6 Å². The maximum absolute atomic E-state index is 11.7. The molecule has 0 unspecified atom stereocenters. The average Bonchev–Trinajstić information content (AvgIpc) is 2.37. The third-order valence-electron chi connectivity index (χ3n) is 4.28. The van der Waals surface area contributed by atoms with Gasteiger partial charge < -0.3 is 15.7 Å². The van der Waals surface area contributed by atoms with Crippen LogP contribution in [0, 0.1) is 17.3 Å². The summed E-state index contributed by atoms with van der Waals surface area (Å²) in [5.74, 6) is 0.342. The lowest BCUT2D eigenvalue weighted by Crippen LogP contribution is -2.48. The fraction of sp³-hybridized carbons (Fsp3) is 0.867. The summed E-state index contributed by atoms with van der Waals surface area (Å²) in [6.07, 6.45) is 4.06. The highest BCUT2D eigenvalue weighted by molar-refractivity contribution is 5.78. The molecule has 1 fully saturated rings. The molecule has 0 radical (unpaired) electrons. The summed E-state index contributed by atoms with van der Waals surface area (Å²) < 4.78 is 0. The van der Waals surface area contributed by atoms with Crippen molar-refractivity contribution < 1.29 is 14.7 Å². The van der Waals surface area contributed by atoms with Crippen molar-refractivity contribution in [3.8, 4) is 0 Å². The number of hydrogen-bond donors (Lipinski definition) is 3. The third-order valence-corrected chi connectivity index (χ3v) is 4.28. The van der Waals surface area contributed by atoms with Crippen LogP contribution in [0.2, 0.25) is 0 Å². The van der Waals surface area contributed by atoms with Gasteiger partial charge in [0.2, 0.25) is 0 Å². The van der Waals surface area contributed by atoms with E-state index in [1.165, 1.54) is 0 Å². The Hall–Kier alpha value is -1.26. The predicted molar refractivity (Wildman–Crippen MR) is 78.6 cm³/mol. The summed E-state index contributed by atoms with van der Waals surface area (Å²) >= 11 is 0. The molecule has 0 atom stereocenters. The van der Waals surface area contributed by atoms with E-state index in [1.54, 1.807) is 0 Å². The molecule has 0 aromatic rings. The van der Waals surface area contributed by atoms with Gasteiger partial charge in [-0.2, -0.15) is 0 Å². The zero-order valence-corrected chi connectivity index (χ0v) is 12.9. The van der Waals surface area contributed by atoms with Gasteiger partial charge >= 0.3 is 12.0 Å². The van der Waals surface area contributed by atoms with E-state index in [1.807, 2.05) is 0 Å². The van der Waals surface area contributed by atoms with Crippen LogP contribution in [0.4, 0.5) is 4.79 Å². The van der Waals surface area contributed by atoms with E-state index in [2.05, 4.69) is 31.4 Å². The summed E-state index contributed by atoms with van der Waals surface area (Å²) in [4.78, 5) is 23.2. The molecule has 20 heavy (non-hydrogen) atoms. The molecule has 0 aliphatic heterocycles. The van der Waals surface area contributed by atoms with E-state index in [9.17, 15) is 14.7 Å². The van der Waals surface area contributed by atoms with Crippen LogP contribution in [-0.4, -0.2) is 30.2 Å². The van der Waals surface area contributed by atoms with Crippen molar-refractivity contribution in [2.45, 2.75) is 52.9 Å². The first-order chi connectivity index (χ1) is 9.35. The summed E-state index contributed by atoms with van der Waals surface area (Å²) in [7, 11) is 0. The van der Waals surface area contributed by atoms with Gasteiger partial charge in [-0.05, 0) is 43.9 Å². The van der Waals surface area contributed by atoms with Gasteiger partial charge in [0.15, 0.2) is 0 Å². The predicted octanol–water partition coefficient (Wildman–Crippen LogP) is 2.61. The highest BCUT2D eigenvalue weighted by Gasteiger charge is 2.41. The third kappa shape index (κ3) is 5.02. The first-order valence-electron chi connectivity index (χ1n) is 7.61. The Morgan fingerprint density at radius 3 is 2.35 bits per heavy atom. The van der Waals surface area contributed by atoms with Crippen LogP contribution in [0.25, 0.3) is 0 Å². The number of urea groups is 1. The first-order valence-corrected chi connectivity index (χ1v) is 7.61. The second-order valence-electron chi connectivity index (χ2n) is 6.56. The summed E-state index contributed by atoms with van der Waals surface area (Å²) in [6, 6.07) is -0.259. The first kappa shape index (κ1) is 16.8. The topological polar surface area (TPSA) is 78.4 Å². The average molecular weight is 284 g/mol. The number of hydrogen-bond acceptors (Lipinski definition) is 2. The zero-order valence-electron chi connectivity index (χ0n) is 12.9. The fourth-order valence-corrected chi connectivity index (χ4v) is 2.57. The second kappa shape index (κ2) is 7.50. The summed E-state index contributed by atoms with van der Waals surface area (Å²) in [6.45, 7) is 7.20. The van der Waals surface area contributed by atoms with Crippen molar-refractivity contribution in [1.29, 1.82) is 0 Å². The SMILES string of the molecule is CC(C)CCNC(=O)NCC1(C(=O)O)CCC(C)CC1. The van der Waals surface area contributed by atoms with Crippen molar-refractivity contribution in [3.63, 3.8) is 0 Å². The molecule has 0 saturated heterocycles. The highest BCUT2D eigenvalue weighted by Crippen LogP contribution is 2.38. The Morgan fingerprint density at radius 1 is 1.25 bits per heavy atom. The van der Waals surface area contributed by atoms with Gasteiger partial charge in [-0.1, -0.05) is 20.8 Å². The number of carbonyl (C=O) groups is 2. The van der Waals surface area contributed by atoms with Crippen LogP contribution in [0.15, 0.2) is 0 Å². The number of amides is 2. The lowest BCUT2D eigenvalue weighted by molar-refractivity contribution is -0.151. The van der Waals surface area contributed by atoms with E-state index in [4.69, 9.17) is 0 Å². The largest absolute Gasteiger partial charge is 0.481 e. The molecule has 5 nitrogen and oxygen atoms in total. The number of nitrogens with one attached hydrogen (secondary N) is 2. The van der Waals surface area contributed by atoms with Gasteiger partial charge in [-0.25, -0.2) is 4.79 Å². The number of aliphatic carboxylic acids is 1. The number of carboxylic acid groups (broad SMARTS) is 1. The second-order valence-corrected chi connectivity index (χ2v) is 6.56. The van der Waals surface area contributed by atoms with E-state index < -0.39 is 11.4 Å². The Morgan fingerprint density at radius 2 is 1.85 bits per heavy atom. The van der Waals surface area contributed by atoms with Crippen LogP contribution in [-0.2, 0) is 4.79 Å². The van der Waals surface area contributed by atoms with Crippen LogP contribution in [0.3, 0.4) is 0 Å². The molecule has 0 spiro atoms. The van der Waals surface area contributed by atoms with Crippen molar-refractivity contribution >= 4 is 12.0 Å². The van der Waals surface area contributed by atoms with Crippen molar-refractivity contribution in [1.82, 2.24) is 10.6 Å². The zero-order chi connectivity index (χ0) is 15.2. The minimum atomic E-state index is -0.785. The molecule has 116 valence electrons. The Labute approximate surface area is 121 Å². The number of carboxylic acids is 1. The Kier molecular flexibility index (Phi) is 6.30. The molecule has 1 aliphatic carbocycles. The van der Waals surface area contributed by atoms with Crippen molar-refractivity contribution in [3.05, 3.63) is 0 Å². The van der Waals surface area contributed by atoms with E-state index >= 15 is 0 Å². The van der Waals surface area contributed by atoms with Gasteiger partial charge in [0.25, 0.3) is 0 Å². The van der Waals surface area contributed by atoms with Crippen LogP contribution in [0.1, 0.15) is 52.9 Å². The molecule has 0 heterocycles. The lowest BCUT2D eigenvalue weighted by atomic mass is 9.71. The number of carbonyl (C=O) groups excluding carboxylic acids is 1. The highest BCUT2D eigenvalue weighted by atomic mass is 16.4.